The van der Waals surface area contributed by atoms with Crippen LogP contribution in [0.3, 0.4) is 0 Å². The number of carbonyl (C=O) groups excluding carboxylic acids is 2. The third-order valence-corrected chi connectivity index (χ3v) is 10.3. The van der Waals surface area contributed by atoms with E-state index in [-0.39, 0.29) is 19.1 Å². The van der Waals surface area contributed by atoms with Crippen LogP contribution in [0.25, 0.3) is 0 Å². The average molecular weight is 442 g/mol. The molecule has 0 saturated carbocycles. The molecule has 0 spiro atoms. The van der Waals surface area contributed by atoms with Gasteiger partial charge in [0.05, 0.1) is 19.5 Å². The van der Waals surface area contributed by atoms with Crippen LogP contribution in [0.4, 0.5) is 4.79 Å². The number of β-lactam (4-membered cyclic amide) rings is 1. The molecule has 0 unspecified atom stereocenters. The SMILES string of the molecule is CCOCC(COCC)OC(=O)N1C(=O)[C@@H](O[Si](CC)(CC)CC)[C@H]1c1ccco1. The molecule has 2 rings (SSSR count). The van der Waals surface area contributed by atoms with Crippen LogP contribution in [-0.2, 0) is 23.4 Å². The van der Waals surface area contributed by atoms with Crippen molar-refractivity contribution in [1.29, 1.82) is 0 Å². The van der Waals surface area contributed by atoms with E-state index in [2.05, 4.69) is 20.8 Å². The van der Waals surface area contributed by atoms with E-state index in [9.17, 15) is 9.59 Å². The van der Waals surface area contributed by atoms with Gasteiger partial charge in [0.2, 0.25) is 0 Å². The maximum Gasteiger partial charge on any atom is 0.417 e. The van der Waals surface area contributed by atoms with Crippen molar-refractivity contribution in [3.05, 3.63) is 24.2 Å². The first-order chi connectivity index (χ1) is 14.5. The van der Waals surface area contributed by atoms with Crippen molar-refractivity contribution in [3.63, 3.8) is 0 Å². The van der Waals surface area contributed by atoms with E-state index >= 15 is 0 Å². The molecule has 1 aromatic heterocycles. The van der Waals surface area contributed by atoms with E-state index in [0.29, 0.717) is 19.0 Å². The zero-order valence-corrected chi connectivity index (χ0v) is 19.7. The van der Waals surface area contributed by atoms with Gasteiger partial charge in [0, 0.05) is 13.2 Å². The van der Waals surface area contributed by atoms with Gasteiger partial charge in [0.25, 0.3) is 5.91 Å². The lowest BCUT2D eigenvalue weighted by Crippen LogP contribution is -2.65. The van der Waals surface area contributed by atoms with E-state index in [4.69, 9.17) is 23.1 Å². The molecule has 2 atom stereocenters. The predicted molar refractivity (Wildman–Crippen MR) is 114 cm³/mol. The Labute approximate surface area is 179 Å². The molecule has 0 aliphatic carbocycles. The van der Waals surface area contributed by atoms with Crippen molar-refractivity contribution in [2.24, 2.45) is 0 Å². The molecule has 1 saturated heterocycles. The lowest BCUT2D eigenvalue weighted by molar-refractivity contribution is -0.164. The second-order valence-electron chi connectivity index (χ2n) is 7.28. The van der Waals surface area contributed by atoms with Crippen LogP contribution in [0, 0.1) is 0 Å². The number of ether oxygens (including phenoxy) is 3. The maximum atomic E-state index is 13.0. The maximum absolute atomic E-state index is 13.0. The normalized spacial score (nSPS) is 19.3. The van der Waals surface area contributed by atoms with E-state index in [1.165, 1.54) is 6.26 Å². The Morgan fingerprint density at radius 1 is 1.10 bits per heavy atom. The van der Waals surface area contributed by atoms with Gasteiger partial charge in [0.15, 0.2) is 20.5 Å². The van der Waals surface area contributed by atoms with E-state index < -0.39 is 32.7 Å². The summed E-state index contributed by atoms with van der Waals surface area (Å²) in [5.41, 5.74) is 0. The number of furan rings is 1. The lowest BCUT2D eigenvalue weighted by Gasteiger charge is -2.47. The molecule has 1 aliphatic rings. The molecule has 1 aliphatic heterocycles. The molecule has 1 aromatic rings. The summed E-state index contributed by atoms with van der Waals surface area (Å²) in [4.78, 5) is 26.9. The molecule has 8 nitrogen and oxygen atoms in total. The average Bonchev–Trinajstić information content (AvgIpc) is 3.28. The molecule has 9 heteroatoms. The summed E-state index contributed by atoms with van der Waals surface area (Å²) < 4.78 is 28.3. The molecule has 0 aromatic carbocycles. The van der Waals surface area contributed by atoms with Gasteiger partial charge in [-0.2, -0.15) is 0 Å². The minimum atomic E-state index is -2.06. The topological polar surface area (TPSA) is 87.4 Å². The lowest BCUT2D eigenvalue weighted by atomic mass is 9.96. The number of hydrogen-bond donors (Lipinski definition) is 0. The molecule has 0 N–H and O–H groups in total. The number of likely N-dealkylation sites (tertiary alicyclic amines) is 1. The smallest absolute Gasteiger partial charge is 0.417 e. The predicted octanol–water partition coefficient (Wildman–Crippen LogP) is 4.13. The quantitative estimate of drug-likeness (QED) is 0.336. The molecule has 2 heterocycles. The first kappa shape index (κ1) is 24.6. The standard InChI is InChI=1S/C21H35NO7Si/c1-6-25-14-16(15-26-7-2)28-21(24)22-18(17-12-11-13-27-17)19(20(22)23)29-30(8-3,9-4)10-5/h11-13,16,18-19H,6-10,14-15H2,1-5H3/t18-,19+/m1/s1. The fraction of sp³-hybridized carbons (Fsp3) is 0.714. The molecule has 0 bridgehead atoms. The highest BCUT2D eigenvalue weighted by Crippen LogP contribution is 2.41. The summed E-state index contributed by atoms with van der Waals surface area (Å²) in [5.74, 6) is 0.120. The van der Waals surface area contributed by atoms with Crippen LogP contribution in [-0.4, -0.2) is 63.9 Å². The van der Waals surface area contributed by atoms with Crippen molar-refractivity contribution in [2.45, 2.75) is 71.0 Å². The molecule has 2 amide bonds. The second kappa shape index (κ2) is 11.6. The highest BCUT2D eigenvalue weighted by atomic mass is 28.4. The summed E-state index contributed by atoms with van der Waals surface area (Å²) in [7, 11) is -2.06. The number of nitrogens with zero attached hydrogens (tertiary/aromatic N) is 1. The van der Waals surface area contributed by atoms with Gasteiger partial charge in [-0.05, 0) is 44.1 Å². The minimum Gasteiger partial charge on any atom is -0.467 e. The number of imide groups is 1. The molecular formula is C21H35NO7Si. The Balaban J connectivity index is 2.17. The van der Waals surface area contributed by atoms with Gasteiger partial charge >= 0.3 is 6.09 Å². The molecular weight excluding hydrogens is 406 g/mol. The van der Waals surface area contributed by atoms with Crippen molar-refractivity contribution in [3.8, 4) is 0 Å². The Hall–Kier alpha value is -1.68. The monoisotopic (exact) mass is 441 g/mol. The highest BCUT2D eigenvalue weighted by Gasteiger charge is 2.57. The van der Waals surface area contributed by atoms with Crippen LogP contribution >= 0.6 is 0 Å². The van der Waals surface area contributed by atoms with Gasteiger partial charge in [-0.3, -0.25) is 4.79 Å². The van der Waals surface area contributed by atoms with Gasteiger partial charge in [-0.1, -0.05) is 20.8 Å². The number of carbonyl (C=O) groups is 2. The van der Waals surface area contributed by atoms with Crippen molar-refractivity contribution >= 4 is 20.3 Å². The highest BCUT2D eigenvalue weighted by molar-refractivity contribution is 6.73. The molecule has 0 radical (unpaired) electrons. The van der Waals surface area contributed by atoms with Crippen molar-refractivity contribution in [1.82, 2.24) is 4.90 Å². The van der Waals surface area contributed by atoms with Crippen molar-refractivity contribution < 1.29 is 32.6 Å². The summed E-state index contributed by atoms with van der Waals surface area (Å²) in [6.07, 6.45) is -0.539. The van der Waals surface area contributed by atoms with Gasteiger partial charge in [0.1, 0.15) is 11.8 Å². The van der Waals surface area contributed by atoms with E-state index in [1.54, 1.807) is 12.1 Å². The van der Waals surface area contributed by atoms with Crippen LogP contribution < -0.4 is 0 Å². The Kier molecular flexibility index (Phi) is 9.54. The zero-order chi connectivity index (χ0) is 22.1. The van der Waals surface area contributed by atoms with E-state index in [0.717, 1.165) is 23.0 Å². The van der Waals surface area contributed by atoms with Gasteiger partial charge in [-0.15, -0.1) is 0 Å². The van der Waals surface area contributed by atoms with Crippen LogP contribution in [0.1, 0.15) is 46.4 Å². The van der Waals surface area contributed by atoms with Crippen LogP contribution in [0.2, 0.25) is 18.1 Å². The molecule has 1 fully saturated rings. The first-order valence-electron chi connectivity index (χ1n) is 10.9. The summed E-state index contributed by atoms with van der Waals surface area (Å²) in [6.45, 7) is 11.4. The van der Waals surface area contributed by atoms with Gasteiger partial charge < -0.3 is 23.1 Å². The van der Waals surface area contributed by atoms with Gasteiger partial charge in [-0.25, -0.2) is 9.69 Å². The molecule has 170 valence electrons. The number of hydrogen-bond acceptors (Lipinski definition) is 7. The fourth-order valence-corrected chi connectivity index (χ4v) is 6.37. The van der Waals surface area contributed by atoms with E-state index in [1.807, 2.05) is 13.8 Å². The second-order valence-corrected chi connectivity index (χ2v) is 12.0. The largest absolute Gasteiger partial charge is 0.467 e. The van der Waals surface area contributed by atoms with Crippen molar-refractivity contribution in [2.75, 3.05) is 26.4 Å². The Morgan fingerprint density at radius 2 is 1.70 bits per heavy atom. The number of amides is 2. The van der Waals surface area contributed by atoms with Crippen LogP contribution in [0.5, 0.6) is 0 Å². The fourth-order valence-electron chi connectivity index (χ4n) is 3.60. The molecule has 30 heavy (non-hydrogen) atoms. The first-order valence-corrected chi connectivity index (χ1v) is 13.4. The third-order valence-electron chi connectivity index (χ3n) is 5.67. The summed E-state index contributed by atoms with van der Waals surface area (Å²) in [6, 6.07) is 5.57. The number of rotatable bonds is 13. The zero-order valence-electron chi connectivity index (χ0n) is 18.7. The third kappa shape index (κ3) is 5.51. The summed E-state index contributed by atoms with van der Waals surface area (Å²) >= 11 is 0. The minimum absolute atomic E-state index is 0.202. The van der Waals surface area contributed by atoms with Crippen LogP contribution in [0.15, 0.2) is 22.8 Å². The Bertz CT molecular complexity index is 646. The summed E-state index contributed by atoms with van der Waals surface area (Å²) in [5, 5.41) is 0. The Morgan fingerprint density at radius 3 is 2.17 bits per heavy atom.